The van der Waals surface area contributed by atoms with Crippen LogP contribution in [0.3, 0.4) is 0 Å². The molecule has 0 atom stereocenters. The van der Waals surface area contributed by atoms with Crippen LogP contribution >= 0.6 is 0 Å². The minimum absolute atomic E-state index is 0.110. The van der Waals surface area contributed by atoms with E-state index in [4.69, 9.17) is 4.74 Å². The van der Waals surface area contributed by atoms with Gasteiger partial charge in [-0.05, 0) is 12.1 Å². The van der Waals surface area contributed by atoms with Crippen molar-refractivity contribution in [2.45, 2.75) is 4.90 Å². The lowest BCUT2D eigenvalue weighted by Gasteiger charge is -2.26. The Morgan fingerprint density at radius 1 is 1.22 bits per heavy atom. The third kappa shape index (κ3) is 2.53. The second-order valence-corrected chi connectivity index (χ2v) is 5.68. The van der Waals surface area contributed by atoms with Gasteiger partial charge in [0.2, 0.25) is 16.4 Å². The Hall–Kier alpha value is -1.44. The Balaban J connectivity index is 2.36. The Bertz CT molecular complexity index is 524. The number of carbonyl (C=O) groups is 1. The number of carbonyl (C=O) groups excluding carboxylic acids is 1. The molecule has 6 nitrogen and oxygen atoms in total. The quantitative estimate of drug-likeness (QED) is 0.797. The molecule has 0 aromatic heterocycles. The minimum atomic E-state index is -3.58. The molecule has 0 radical (unpaired) electrons. The van der Waals surface area contributed by atoms with Crippen LogP contribution in [0.5, 0.6) is 0 Å². The number of ether oxygens (including phenoxy) is 1. The van der Waals surface area contributed by atoms with Gasteiger partial charge in [-0.1, -0.05) is 12.1 Å². The molecule has 1 heterocycles. The van der Waals surface area contributed by atoms with Crippen LogP contribution in [0, 0.1) is 0 Å². The van der Waals surface area contributed by atoms with Crippen molar-refractivity contribution < 1.29 is 17.9 Å². The largest absolute Gasteiger partial charge is 0.379 e. The molecule has 1 aromatic carbocycles. The first-order chi connectivity index (χ1) is 8.66. The first-order valence-electron chi connectivity index (χ1n) is 5.53. The van der Waals surface area contributed by atoms with E-state index in [9.17, 15) is 13.2 Å². The standard InChI is InChI=1S/C11H14N2O4S/c14-9-12-10-3-1-2-4-11(10)18(15,16)13-5-7-17-8-6-13/h1-4,9H,5-8H2,(H,12,14). The van der Waals surface area contributed by atoms with Crippen molar-refractivity contribution in [3.05, 3.63) is 24.3 Å². The highest BCUT2D eigenvalue weighted by Crippen LogP contribution is 2.24. The van der Waals surface area contributed by atoms with Crippen LogP contribution in [0.1, 0.15) is 0 Å². The molecule has 7 heteroatoms. The fourth-order valence-electron chi connectivity index (χ4n) is 1.80. The molecule has 0 bridgehead atoms. The predicted octanol–water partition coefficient (Wildman–Crippen LogP) is 0.276. The molecule has 1 aliphatic heterocycles. The van der Waals surface area contributed by atoms with Crippen molar-refractivity contribution in [1.29, 1.82) is 0 Å². The summed E-state index contributed by atoms with van der Waals surface area (Å²) in [4.78, 5) is 10.6. The summed E-state index contributed by atoms with van der Waals surface area (Å²) in [6, 6.07) is 6.34. The molecule has 1 aliphatic rings. The van der Waals surface area contributed by atoms with Crippen molar-refractivity contribution in [3.63, 3.8) is 0 Å². The highest BCUT2D eigenvalue weighted by atomic mass is 32.2. The molecule has 2 rings (SSSR count). The lowest BCUT2D eigenvalue weighted by Crippen LogP contribution is -2.40. The van der Waals surface area contributed by atoms with Crippen molar-refractivity contribution in [1.82, 2.24) is 4.31 Å². The molecule has 1 aromatic rings. The number of hydrogen-bond acceptors (Lipinski definition) is 4. The van der Waals surface area contributed by atoms with Crippen molar-refractivity contribution in [3.8, 4) is 0 Å². The summed E-state index contributed by atoms with van der Waals surface area (Å²) in [6.45, 7) is 1.44. The number of para-hydroxylation sites is 1. The number of nitrogens with one attached hydrogen (secondary N) is 1. The first-order valence-corrected chi connectivity index (χ1v) is 6.97. The van der Waals surface area contributed by atoms with Crippen LogP contribution in [0.2, 0.25) is 0 Å². The average molecular weight is 270 g/mol. The van der Waals surface area contributed by atoms with Gasteiger partial charge in [0.1, 0.15) is 4.90 Å². The van der Waals surface area contributed by atoms with Crippen LogP contribution in [-0.2, 0) is 19.6 Å². The zero-order valence-corrected chi connectivity index (χ0v) is 10.5. The van der Waals surface area contributed by atoms with E-state index in [1.54, 1.807) is 18.2 Å². The van der Waals surface area contributed by atoms with Crippen LogP contribution < -0.4 is 5.32 Å². The first kappa shape index (κ1) is 13.0. The zero-order chi connectivity index (χ0) is 13.0. The topological polar surface area (TPSA) is 75.7 Å². The van der Waals surface area contributed by atoms with Crippen molar-refractivity contribution >= 4 is 22.1 Å². The monoisotopic (exact) mass is 270 g/mol. The fourth-order valence-corrected chi connectivity index (χ4v) is 3.36. The summed E-state index contributed by atoms with van der Waals surface area (Å²) in [5.41, 5.74) is 0.291. The Morgan fingerprint density at radius 2 is 1.89 bits per heavy atom. The third-order valence-corrected chi connectivity index (χ3v) is 4.65. The number of nitrogens with zero attached hydrogens (tertiary/aromatic N) is 1. The maximum Gasteiger partial charge on any atom is 0.245 e. The van der Waals surface area contributed by atoms with Gasteiger partial charge in [-0.15, -0.1) is 0 Å². The minimum Gasteiger partial charge on any atom is -0.379 e. The lowest BCUT2D eigenvalue weighted by molar-refractivity contribution is -0.105. The smallest absolute Gasteiger partial charge is 0.245 e. The number of rotatable bonds is 4. The van der Waals surface area contributed by atoms with Gasteiger partial charge < -0.3 is 10.1 Å². The van der Waals surface area contributed by atoms with Gasteiger partial charge in [-0.3, -0.25) is 4.79 Å². The molecule has 1 saturated heterocycles. The van der Waals surface area contributed by atoms with E-state index in [2.05, 4.69) is 5.32 Å². The van der Waals surface area contributed by atoms with Gasteiger partial charge in [0.05, 0.1) is 18.9 Å². The molecular formula is C11H14N2O4S. The zero-order valence-electron chi connectivity index (χ0n) is 9.70. The molecular weight excluding hydrogens is 256 g/mol. The summed E-state index contributed by atoms with van der Waals surface area (Å²) >= 11 is 0. The second kappa shape index (κ2) is 5.47. The predicted molar refractivity (Wildman–Crippen MR) is 65.7 cm³/mol. The van der Waals surface area contributed by atoms with E-state index in [0.717, 1.165) is 0 Å². The van der Waals surface area contributed by atoms with E-state index in [1.165, 1.54) is 10.4 Å². The number of amides is 1. The van der Waals surface area contributed by atoms with Crippen LogP contribution in [0.15, 0.2) is 29.2 Å². The van der Waals surface area contributed by atoms with E-state index in [1.807, 2.05) is 0 Å². The maximum absolute atomic E-state index is 12.4. The lowest BCUT2D eigenvalue weighted by atomic mass is 10.3. The Labute approximate surface area is 106 Å². The van der Waals surface area contributed by atoms with E-state index in [0.29, 0.717) is 38.4 Å². The van der Waals surface area contributed by atoms with Crippen LogP contribution in [-0.4, -0.2) is 45.4 Å². The van der Waals surface area contributed by atoms with Crippen molar-refractivity contribution in [2.75, 3.05) is 31.6 Å². The number of anilines is 1. The van der Waals surface area contributed by atoms with E-state index >= 15 is 0 Å². The summed E-state index contributed by atoms with van der Waals surface area (Å²) < 4.78 is 31.3. The van der Waals surface area contributed by atoms with Gasteiger partial charge in [-0.2, -0.15) is 4.31 Å². The van der Waals surface area contributed by atoms with Crippen LogP contribution in [0.25, 0.3) is 0 Å². The van der Waals surface area contributed by atoms with E-state index < -0.39 is 10.0 Å². The molecule has 1 N–H and O–H groups in total. The fraction of sp³-hybridized carbons (Fsp3) is 0.364. The summed E-state index contributed by atoms with van der Waals surface area (Å²) in [5.74, 6) is 0. The van der Waals surface area contributed by atoms with Crippen molar-refractivity contribution in [2.24, 2.45) is 0 Å². The van der Waals surface area contributed by atoms with E-state index in [-0.39, 0.29) is 4.90 Å². The molecule has 0 saturated carbocycles. The molecule has 0 spiro atoms. The summed E-state index contributed by atoms with van der Waals surface area (Å²) in [7, 11) is -3.58. The molecule has 18 heavy (non-hydrogen) atoms. The molecule has 0 aliphatic carbocycles. The third-order valence-electron chi connectivity index (χ3n) is 2.69. The number of sulfonamides is 1. The number of benzene rings is 1. The molecule has 0 unspecified atom stereocenters. The van der Waals surface area contributed by atoms with Gasteiger partial charge >= 0.3 is 0 Å². The molecule has 1 amide bonds. The second-order valence-electron chi connectivity index (χ2n) is 3.77. The Kier molecular flexibility index (Phi) is 3.95. The Morgan fingerprint density at radius 3 is 2.56 bits per heavy atom. The number of morpholine rings is 1. The highest BCUT2D eigenvalue weighted by molar-refractivity contribution is 7.89. The highest BCUT2D eigenvalue weighted by Gasteiger charge is 2.28. The SMILES string of the molecule is O=CNc1ccccc1S(=O)(=O)N1CCOCC1. The van der Waals surface area contributed by atoms with Gasteiger partial charge in [0.25, 0.3) is 0 Å². The summed E-state index contributed by atoms with van der Waals surface area (Å²) in [5, 5.41) is 2.40. The van der Waals surface area contributed by atoms with Crippen LogP contribution in [0.4, 0.5) is 5.69 Å². The number of hydrogen-bond donors (Lipinski definition) is 1. The average Bonchev–Trinajstić information content (AvgIpc) is 2.41. The summed E-state index contributed by atoms with van der Waals surface area (Å²) in [6.07, 6.45) is 0.466. The van der Waals surface area contributed by atoms with Gasteiger partial charge in [-0.25, -0.2) is 8.42 Å². The van der Waals surface area contributed by atoms with Gasteiger partial charge in [0, 0.05) is 13.1 Å². The molecule has 98 valence electrons. The normalized spacial score (nSPS) is 17.3. The maximum atomic E-state index is 12.4. The molecule has 1 fully saturated rings. The van der Waals surface area contributed by atoms with Gasteiger partial charge in [0.15, 0.2) is 0 Å².